The van der Waals surface area contributed by atoms with Gasteiger partial charge in [-0.1, -0.05) is 18.2 Å². The van der Waals surface area contributed by atoms with Crippen molar-refractivity contribution in [1.29, 1.82) is 0 Å². The van der Waals surface area contributed by atoms with Crippen LogP contribution in [0.2, 0.25) is 0 Å². The van der Waals surface area contributed by atoms with E-state index in [9.17, 15) is 4.79 Å². The van der Waals surface area contributed by atoms with Gasteiger partial charge in [-0.3, -0.25) is 5.32 Å². The zero-order valence-electron chi connectivity index (χ0n) is 8.68. The van der Waals surface area contributed by atoms with Crippen molar-refractivity contribution in [3.05, 3.63) is 36.9 Å². The zero-order chi connectivity index (χ0) is 11.8. The lowest BCUT2D eigenvalue weighted by molar-refractivity contribution is 0.0312. The van der Waals surface area contributed by atoms with Gasteiger partial charge in [0.1, 0.15) is 5.75 Å². The Bertz CT molecular complexity index is 365. The minimum absolute atomic E-state index is 0.0460. The van der Waals surface area contributed by atoms with E-state index in [1.807, 2.05) is 0 Å². The summed E-state index contributed by atoms with van der Waals surface area (Å²) in [4.78, 5) is 10.5. The topological polar surface area (TPSA) is 67.8 Å². The molecule has 0 saturated carbocycles. The molecule has 0 bridgehead atoms. The maximum atomic E-state index is 10.5. The Hall–Kier alpha value is -2.01. The van der Waals surface area contributed by atoms with Gasteiger partial charge < -0.3 is 14.6 Å². The van der Waals surface area contributed by atoms with E-state index in [4.69, 9.17) is 14.6 Å². The largest absolute Gasteiger partial charge is 0.465 e. The van der Waals surface area contributed by atoms with Crippen LogP contribution in [-0.4, -0.2) is 24.6 Å². The van der Waals surface area contributed by atoms with Crippen LogP contribution in [-0.2, 0) is 4.74 Å². The minimum Gasteiger partial charge on any atom is -0.465 e. The molecule has 2 N–H and O–H groups in total. The summed E-state index contributed by atoms with van der Waals surface area (Å²) in [5.41, 5.74) is 0.386. The van der Waals surface area contributed by atoms with Crippen molar-refractivity contribution < 1.29 is 19.4 Å². The normalized spacial score (nSPS) is 9.50. The molecule has 0 unspecified atom stereocenters. The molecular weight excluding hydrogens is 210 g/mol. The van der Waals surface area contributed by atoms with E-state index in [-0.39, 0.29) is 6.79 Å². The van der Waals surface area contributed by atoms with Crippen molar-refractivity contribution in [2.24, 2.45) is 0 Å². The smallest absolute Gasteiger partial charge is 0.409 e. The number of amides is 1. The molecule has 86 valence electrons. The second kappa shape index (κ2) is 6.47. The Balaban J connectivity index is 2.56. The molecule has 0 aromatic heterocycles. The third kappa shape index (κ3) is 4.02. The average molecular weight is 223 g/mol. The Morgan fingerprint density at radius 1 is 1.50 bits per heavy atom. The first kappa shape index (κ1) is 12.1. The lowest BCUT2D eigenvalue weighted by Crippen LogP contribution is -2.10. The van der Waals surface area contributed by atoms with Crippen molar-refractivity contribution in [2.75, 3.05) is 18.7 Å². The van der Waals surface area contributed by atoms with Crippen LogP contribution in [0.1, 0.15) is 0 Å². The summed E-state index contributed by atoms with van der Waals surface area (Å²) in [6.45, 7) is 3.92. The van der Waals surface area contributed by atoms with E-state index in [0.717, 1.165) is 0 Å². The van der Waals surface area contributed by atoms with Gasteiger partial charge in [-0.05, 0) is 12.1 Å². The number of anilines is 1. The van der Waals surface area contributed by atoms with Crippen LogP contribution in [0.4, 0.5) is 10.5 Å². The monoisotopic (exact) mass is 223 g/mol. The Kier molecular flexibility index (Phi) is 4.88. The van der Waals surface area contributed by atoms with E-state index in [1.165, 1.54) is 0 Å². The number of rotatable bonds is 6. The van der Waals surface area contributed by atoms with Crippen molar-refractivity contribution in [3.8, 4) is 5.75 Å². The Morgan fingerprint density at radius 2 is 2.25 bits per heavy atom. The molecule has 0 heterocycles. The van der Waals surface area contributed by atoms with Gasteiger partial charge in [0.25, 0.3) is 0 Å². The standard InChI is InChI=1S/C11H13NO4/c1-2-7-15-8-16-10-6-4-3-5-9(10)12-11(13)14/h2-6,12H,1,7-8H2,(H,13,14). The molecule has 1 rings (SSSR count). The van der Waals surface area contributed by atoms with Crippen LogP contribution in [0.15, 0.2) is 36.9 Å². The summed E-state index contributed by atoms with van der Waals surface area (Å²) in [6.07, 6.45) is 0.466. The molecule has 0 radical (unpaired) electrons. The molecule has 0 saturated heterocycles. The molecule has 16 heavy (non-hydrogen) atoms. The van der Waals surface area contributed by atoms with Gasteiger partial charge in [0, 0.05) is 0 Å². The summed E-state index contributed by atoms with van der Waals surface area (Å²) < 4.78 is 10.3. The number of hydrogen-bond acceptors (Lipinski definition) is 3. The maximum absolute atomic E-state index is 10.5. The fourth-order valence-corrected chi connectivity index (χ4v) is 1.05. The van der Waals surface area contributed by atoms with Gasteiger partial charge in [-0.2, -0.15) is 0 Å². The summed E-state index contributed by atoms with van der Waals surface area (Å²) >= 11 is 0. The number of carboxylic acid groups (broad SMARTS) is 1. The SMILES string of the molecule is C=CCOCOc1ccccc1NC(=O)O. The van der Waals surface area contributed by atoms with Crippen molar-refractivity contribution >= 4 is 11.8 Å². The summed E-state index contributed by atoms with van der Waals surface area (Å²) in [5.74, 6) is 0.425. The molecule has 0 aliphatic rings. The highest BCUT2D eigenvalue weighted by Gasteiger charge is 2.04. The van der Waals surface area contributed by atoms with Gasteiger partial charge in [0.15, 0.2) is 6.79 Å². The molecule has 5 nitrogen and oxygen atoms in total. The van der Waals surface area contributed by atoms with Crippen molar-refractivity contribution in [1.82, 2.24) is 0 Å². The molecule has 0 aliphatic heterocycles. The second-order valence-electron chi connectivity index (χ2n) is 2.85. The van der Waals surface area contributed by atoms with Crippen LogP contribution in [0.5, 0.6) is 5.75 Å². The Morgan fingerprint density at radius 3 is 2.94 bits per heavy atom. The number of hydrogen-bond donors (Lipinski definition) is 2. The highest BCUT2D eigenvalue weighted by Crippen LogP contribution is 2.23. The fraction of sp³-hybridized carbons (Fsp3) is 0.182. The van der Waals surface area contributed by atoms with Gasteiger partial charge in [-0.15, -0.1) is 6.58 Å². The zero-order valence-corrected chi connectivity index (χ0v) is 8.68. The maximum Gasteiger partial charge on any atom is 0.409 e. The van der Waals surface area contributed by atoms with E-state index in [1.54, 1.807) is 30.3 Å². The molecule has 1 aromatic carbocycles. The minimum atomic E-state index is -1.14. The third-order valence-corrected chi connectivity index (χ3v) is 1.66. The van der Waals surface area contributed by atoms with Crippen LogP contribution >= 0.6 is 0 Å². The van der Waals surface area contributed by atoms with Gasteiger partial charge in [-0.25, -0.2) is 4.79 Å². The van der Waals surface area contributed by atoms with Crippen LogP contribution in [0.25, 0.3) is 0 Å². The van der Waals surface area contributed by atoms with Crippen molar-refractivity contribution in [3.63, 3.8) is 0 Å². The van der Waals surface area contributed by atoms with E-state index in [0.29, 0.717) is 18.0 Å². The number of para-hydroxylation sites is 2. The second-order valence-corrected chi connectivity index (χ2v) is 2.85. The van der Waals surface area contributed by atoms with Gasteiger partial charge in [0.05, 0.1) is 12.3 Å². The van der Waals surface area contributed by atoms with Crippen LogP contribution < -0.4 is 10.1 Å². The van der Waals surface area contributed by atoms with Crippen LogP contribution in [0.3, 0.4) is 0 Å². The van der Waals surface area contributed by atoms with Gasteiger partial charge in [0.2, 0.25) is 0 Å². The van der Waals surface area contributed by atoms with E-state index in [2.05, 4.69) is 11.9 Å². The summed E-state index contributed by atoms with van der Waals surface area (Å²) in [7, 11) is 0. The average Bonchev–Trinajstić information content (AvgIpc) is 2.26. The predicted molar refractivity (Wildman–Crippen MR) is 59.7 cm³/mol. The molecular formula is C11H13NO4. The molecule has 1 aromatic rings. The number of nitrogens with one attached hydrogen (secondary N) is 1. The number of carbonyl (C=O) groups is 1. The summed E-state index contributed by atoms with van der Waals surface area (Å²) in [6, 6.07) is 6.72. The van der Waals surface area contributed by atoms with Crippen molar-refractivity contribution in [2.45, 2.75) is 0 Å². The lowest BCUT2D eigenvalue weighted by atomic mass is 10.3. The quantitative estimate of drug-likeness (QED) is 0.441. The highest BCUT2D eigenvalue weighted by molar-refractivity contribution is 5.85. The first-order chi connectivity index (χ1) is 7.74. The molecule has 0 aliphatic carbocycles. The highest BCUT2D eigenvalue weighted by atomic mass is 16.7. The predicted octanol–water partition coefficient (Wildman–Crippen LogP) is 2.32. The molecule has 0 fully saturated rings. The first-order valence-corrected chi connectivity index (χ1v) is 4.64. The fourth-order valence-electron chi connectivity index (χ4n) is 1.05. The van der Waals surface area contributed by atoms with E-state index >= 15 is 0 Å². The number of ether oxygens (including phenoxy) is 2. The van der Waals surface area contributed by atoms with Crippen LogP contribution in [0, 0.1) is 0 Å². The molecule has 5 heteroatoms. The Labute approximate surface area is 93.3 Å². The summed E-state index contributed by atoms with van der Waals surface area (Å²) in [5, 5.41) is 10.8. The molecule has 0 atom stereocenters. The van der Waals surface area contributed by atoms with Gasteiger partial charge >= 0.3 is 6.09 Å². The van der Waals surface area contributed by atoms with E-state index < -0.39 is 6.09 Å². The lowest BCUT2D eigenvalue weighted by Gasteiger charge is -2.10. The number of benzene rings is 1. The first-order valence-electron chi connectivity index (χ1n) is 4.64. The third-order valence-electron chi connectivity index (χ3n) is 1.66. The molecule has 0 spiro atoms. The molecule has 1 amide bonds.